The normalized spacial score (nSPS) is 17.8. The SMILES string of the molecule is CC(CC(=O)NC(C)(C)c1ccc(F)c(F)c1)C1CCNCC1. The van der Waals surface area contributed by atoms with E-state index in [9.17, 15) is 13.6 Å². The Kier molecular flexibility index (Phi) is 5.74. The van der Waals surface area contributed by atoms with E-state index < -0.39 is 17.2 Å². The number of hydrogen-bond donors (Lipinski definition) is 2. The molecule has 128 valence electrons. The first kappa shape index (κ1) is 17.9. The molecule has 1 fully saturated rings. The lowest BCUT2D eigenvalue weighted by molar-refractivity contribution is -0.124. The van der Waals surface area contributed by atoms with Gasteiger partial charge in [-0.25, -0.2) is 8.78 Å². The van der Waals surface area contributed by atoms with E-state index in [1.165, 1.54) is 6.07 Å². The monoisotopic (exact) mass is 324 g/mol. The summed E-state index contributed by atoms with van der Waals surface area (Å²) in [5, 5.41) is 6.27. The van der Waals surface area contributed by atoms with Gasteiger partial charge in [-0.3, -0.25) is 4.79 Å². The molecular formula is C18H26F2N2O. The van der Waals surface area contributed by atoms with Gasteiger partial charge in [-0.1, -0.05) is 13.0 Å². The summed E-state index contributed by atoms with van der Waals surface area (Å²) in [6.07, 6.45) is 2.65. The van der Waals surface area contributed by atoms with Gasteiger partial charge < -0.3 is 10.6 Å². The van der Waals surface area contributed by atoms with Crippen molar-refractivity contribution in [3.63, 3.8) is 0 Å². The minimum atomic E-state index is -0.895. The van der Waals surface area contributed by atoms with Gasteiger partial charge in [-0.15, -0.1) is 0 Å². The van der Waals surface area contributed by atoms with Gasteiger partial charge in [0.25, 0.3) is 0 Å². The molecule has 1 saturated heterocycles. The maximum absolute atomic E-state index is 13.4. The second kappa shape index (κ2) is 7.39. The predicted molar refractivity (Wildman–Crippen MR) is 86.9 cm³/mol. The molecule has 0 saturated carbocycles. The van der Waals surface area contributed by atoms with Crippen LogP contribution in [0.5, 0.6) is 0 Å². The molecule has 0 spiro atoms. The summed E-state index contributed by atoms with van der Waals surface area (Å²) in [6.45, 7) is 7.73. The molecule has 1 amide bonds. The van der Waals surface area contributed by atoms with Crippen LogP contribution in [0.15, 0.2) is 18.2 Å². The number of hydrogen-bond acceptors (Lipinski definition) is 2. The molecule has 5 heteroatoms. The van der Waals surface area contributed by atoms with E-state index in [2.05, 4.69) is 17.6 Å². The molecule has 3 nitrogen and oxygen atoms in total. The Morgan fingerprint density at radius 2 is 1.96 bits per heavy atom. The smallest absolute Gasteiger partial charge is 0.220 e. The Morgan fingerprint density at radius 1 is 1.30 bits per heavy atom. The van der Waals surface area contributed by atoms with Crippen molar-refractivity contribution in [1.29, 1.82) is 0 Å². The van der Waals surface area contributed by atoms with E-state index in [0.717, 1.165) is 38.1 Å². The molecule has 0 bridgehead atoms. The summed E-state index contributed by atoms with van der Waals surface area (Å²) in [6, 6.07) is 3.75. The van der Waals surface area contributed by atoms with Crippen LogP contribution in [0.1, 0.15) is 45.6 Å². The summed E-state index contributed by atoms with van der Waals surface area (Å²) >= 11 is 0. The average molecular weight is 324 g/mol. The average Bonchev–Trinajstić information content (AvgIpc) is 2.50. The van der Waals surface area contributed by atoms with E-state index >= 15 is 0 Å². The minimum absolute atomic E-state index is 0.0502. The molecule has 23 heavy (non-hydrogen) atoms. The second-order valence-electron chi connectivity index (χ2n) is 7.07. The number of carbonyl (C=O) groups excluding carboxylic acids is 1. The van der Waals surface area contributed by atoms with Crippen LogP contribution in [-0.2, 0) is 10.3 Å². The fourth-order valence-corrected chi connectivity index (χ4v) is 3.23. The number of halogens is 2. The van der Waals surface area contributed by atoms with Crippen LogP contribution in [0.25, 0.3) is 0 Å². The Hall–Kier alpha value is -1.49. The maximum Gasteiger partial charge on any atom is 0.220 e. The van der Waals surface area contributed by atoms with Crippen LogP contribution in [0.4, 0.5) is 8.78 Å². The molecule has 0 aromatic heterocycles. The molecule has 1 aliphatic heterocycles. The predicted octanol–water partition coefficient (Wildman–Crippen LogP) is 3.34. The van der Waals surface area contributed by atoms with Gasteiger partial charge in [-0.05, 0) is 69.3 Å². The van der Waals surface area contributed by atoms with Crippen LogP contribution in [0.2, 0.25) is 0 Å². The number of carbonyl (C=O) groups is 1. The Labute approximate surface area is 136 Å². The third-order valence-electron chi connectivity index (χ3n) is 4.79. The Balaban J connectivity index is 1.95. The van der Waals surface area contributed by atoms with Crippen molar-refractivity contribution < 1.29 is 13.6 Å². The third-order valence-corrected chi connectivity index (χ3v) is 4.79. The van der Waals surface area contributed by atoms with E-state index in [1.54, 1.807) is 13.8 Å². The zero-order valence-electron chi connectivity index (χ0n) is 14.1. The lowest BCUT2D eigenvalue weighted by Crippen LogP contribution is -2.42. The van der Waals surface area contributed by atoms with Crippen LogP contribution >= 0.6 is 0 Å². The number of benzene rings is 1. The first-order chi connectivity index (χ1) is 10.8. The number of amides is 1. The highest BCUT2D eigenvalue weighted by Crippen LogP contribution is 2.26. The molecule has 1 aromatic rings. The number of rotatable bonds is 5. The van der Waals surface area contributed by atoms with Crippen molar-refractivity contribution in [2.75, 3.05) is 13.1 Å². The fourth-order valence-electron chi connectivity index (χ4n) is 3.23. The summed E-state index contributed by atoms with van der Waals surface area (Å²) in [4.78, 5) is 12.3. The van der Waals surface area contributed by atoms with Crippen molar-refractivity contribution in [2.24, 2.45) is 11.8 Å². The lowest BCUT2D eigenvalue weighted by Gasteiger charge is -2.31. The highest BCUT2D eigenvalue weighted by Gasteiger charge is 2.27. The summed E-state index contributed by atoms with van der Waals surface area (Å²) in [5.41, 5.74) is -0.182. The summed E-state index contributed by atoms with van der Waals surface area (Å²) < 4.78 is 26.5. The molecule has 1 unspecified atom stereocenters. The zero-order chi connectivity index (χ0) is 17.0. The summed E-state index contributed by atoms with van der Waals surface area (Å²) in [5.74, 6) is -0.944. The maximum atomic E-state index is 13.4. The first-order valence-electron chi connectivity index (χ1n) is 8.27. The number of nitrogens with one attached hydrogen (secondary N) is 2. The van der Waals surface area contributed by atoms with Crippen molar-refractivity contribution in [3.05, 3.63) is 35.4 Å². The zero-order valence-corrected chi connectivity index (χ0v) is 14.1. The second-order valence-corrected chi connectivity index (χ2v) is 7.07. The highest BCUT2D eigenvalue weighted by atomic mass is 19.2. The summed E-state index contributed by atoms with van der Waals surface area (Å²) in [7, 11) is 0. The quantitative estimate of drug-likeness (QED) is 0.872. The van der Waals surface area contributed by atoms with Gasteiger partial charge in [-0.2, -0.15) is 0 Å². The van der Waals surface area contributed by atoms with E-state index in [-0.39, 0.29) is 5.91 Å². The molecular weight excluding hydrogens is 298 g/mol. The van der Waals surface area contributed by atoms with Gasteiger partial charge in [0.15, 0.2) is 11.6 Å². The molecule has 1 atom stereocenters. The molecule has 1 aromatic carbocycles. The largest absolute Gasteiger partial charge is 0.347 e. The number of piperidine rings is 1. The minimum Gasteiger partial charge on any atom is -0.347 e. The Bertz CT molecular complexity index is 554. The fraction of sp³-hybridized carbons (Fsp3) is 0.611. The Morgan fingerprint density at radius 3 is 2.57 bits per heavy atom. The molecule has 0 aliphatic carbocycles. The van der Waals surface area contributed by atoms with Gasteiger partial charge in [0.05, 0.1) is 5.54 Å². The van der Waals surface area contributed by atoms with Gasteiger partial charge in [0.2, 0.25) is 5.91 Å². The van der Waals surface area contributed by atoms with Crippen LogP contribution in [0, 0.1) is 23.5 Å². The molecule has 0 radical (unpaired) electrons. The molecule has 1 heterocycles. The third kappa shape index (κ3) is 4.74. The van der Waals surface area contributed by atoms with Gasteiger partial charge in [0, 0.05) is 6.42 Å². The first-order valence-corrected chi connectivity index (χ1v) is 8.27. The molecule has 1 aliphatic rings. The van der Waals surface area contributed by atoms with E-state index in [0.29, 0.717) is 23.8 Å². The van der Waals surface area contributed by atoms with E-state index in [4.69, 9.17) is 0 Å². The lowest BCUT2D eigenvalue weighted by atomic mass is 9.83. The van der Waals surface area contributed by atoms with Crippen molar-refractivity contribution >= 4 is 5.91 Å². The molecule has 2 N–H and O–H groups in total. The van der Waals surface area contributed by atoms with Gasteiger partial charge >= 0.3 is 0 Å². The van der Waals surface area contributed by atoms with Crippen LogP contribution in [-0.4, -0.2) is 19.0 Å². The van der Waals surface area contributed by atoms with Gasteiger partial charge in [0.1, 0.15) is 0 Å². The van der Waals surface area contributed by atoms with Crippen LogP contribution < -0.4 is 10.6 Å². The topological polar surface area (TPSA) is 41.1 Å². The highest BCUT2D eigenvalue weighted by molar-refractivity contribution is 5.77. The molecule has 2 rings (SSSR count). The van der Waals surface area contributed by atoms with Crippen molar-refractivity contribution in [3.8, 4) is 0 Å². The van der Waals surface area contributed by atoms with Crippen LogP contribution in [0.3, 0.4) is 0 Å². The van der Waals surface area contributed by atoms with Crippen molar-refractivity contribution in [2.45, 2.75) is 45.6 Å². The standard InChI is InChI=1S/C18H26F2N2O/c1-12(13-6-8-21-9-7-13)10-17(23)22-18(2,3)14-4-5-15(19)16(20)11-14/h4-5,11-13,21H,6-10H2,1-3H3,(H,22,23). The van der Waals surface area contributed by atoms with Crippen molar-refractivity contribution in [1.82, 2.24) is 10.6 Å². The van der Waals surface area contributed by atoms with E-state index in [1.807, 2.05) is 0 Å².